The van der Waals surface area contributed by atoms with E-state index in [1.807, 2.05) is 0 Å². The zero-order chi connectivity index (χ0) is 15.1. The van der Waals surface area contributed by atoms with Gasteiger partial charge in [0.25, 0.3) is 0 Å². The quantitative estimate of drug-likeness (QED) is 0.920. The average molecular weight is 289 g/mol. The summed E-state index contributed by atoms with van der Waals surface area (Å²) in [5, 5.41) is 3.70. The Morgan fingerprint density at radius 1 is 1.19 bits per heavy atom. The molecule has 0 bridgehead atoms. The molecule has 1 saturated carbocycles. The summed E-state index contributed by atoms with van der Waals surface area (Å²) in [6, 6.07) is 6.51. The molecule has 1 fully saturated rings. The van der Waals surface area contributed by atoms with E-state index in [0.717, 1.165) is 24.0 Å². The summed E-state index contributed by atoms with van der Waals surface area (Å²) in [5.41, 5.74) is 1.83. The second kappa shape index (κ2) is 5.20. The van der Waals surface area contributed by atoms with Crippen molar-refractivity contribution in [1.29, 1.82) is 0 Å². The zero-order valence-electron chi connectivity index (χ0n) is 13.7. The maximum absolute atomic E-state index is 5.76. The molecule has 0 spiro atoms. The van der Waals surface area contributed by atoms with Crippen molar-refractivity contribution in [2.24, 2.45) is 5.92 Å². The molecule has 3 rings (SSSR count). The van der Waals surface area contributed by atoms with Crippen LogP contribution in [0.5, 0.6) is 11.5 Å². The van der Waals surface area contributed by atoms with Gasteiger partial charge in [-0.25, -0.2) is 0 Å². The molecule has 3 heteroatoms. The van der Waals surface area contributed by atoms with E-state index in [9.17, 15) is 0 Å². The van der Waals surface area contributed by atoms with Crippen molar-refractivity contribution in [3.05, 3.63) is 23.8 Å². The van der Waals surface area contributed by atoms with Crippen molar-refractivity contribution in [3.8, 4) is 11.5 Å². The van der Waals surface area contributed by atoms with Crippen LogP contribution in [-0.4, -0.2) is 25.3 Å². The van der Waals surface area contributed by atoms with E-state index < -0.39 is 0 Å². The van der Waals surface area contributed by atoms with Gasteiger partial charge in [-0.05, 0) is 50.8 Å². The summed E-state index contributed by atoms with van der Waals surface area (Å²) in [7, 11) is 0. The normalized spacial score (nSPS) is 27.5. The monoisotopic (exact) mass is 289 g/mol. The van der Waals surface area contributed by atoms with Gasteiger partial charge in [-0.1, -0.05) is 19.4 Å². The molecule has 1 aliphatic carbocycles. The Bertz CT molecular complexity index is 520. The topological polar surface area (TPSA) is 30.5 Å². The first-order valence-electron chi connectivity index (χ1n) is 8.10. The Hall–Kier alpha value is -1.22. The molecule has 2 atom stereocenters. The Morgan fingerprint density at radius 2 is 1.90 bits per heavy atom. The number of nitrogens with one attached hydrogen (secondary N) is 1. The van der Waals surface area contributed by atoms with Crippen molar-refractivity contribution < 1.29 is 9.47 Å². The summed E-state index contributed by atoms with van der Waals surface area (Å²) in [4.78, 5) is 0. The average Bonchev–Trinajstić information content (AvgIpc) is 3.19. The molecule has 1 heterocycles. The van der Waals surface area contributed by atoms with Gasteiger partial charge in [0.2, 0.25) is 0 Å². The first-order chi connectivity index (χ1) is 9.94. The zero-order valence-corrected chi connectivity index (χ0v) is 13.7. The van der Waals surface area contributed by atoms with Crippen LogP contribution in [0.25, 0.3) is 0 Å². The van der Waals surface area contributed by atoms with Crippen LogP contribution in [0.15, 0.2) is 18.2 Å². The van der Waals surface area contributed by atoms with Crippen LogP contribution in [0, 0.1) is 5.92 Å². The van der Waals surface area contributed by atoms with Crippen molar-refractivity contribution in [1.82, 2.24) is 5.32 Å². The molecule has 1 aromatic rings. The lowest BCUT2D eigenvalue weighted by molar-refractivity contribution is 0.171. The smallest absolute Gasteiger partial charge is 0.161 e. The fourth-order valence-corrected chi connectivity index (χ4v) is 3.36. The van der Waals surface area contributed by atoms with Gasteiger partial charge in [-0.2, -0.15) is 0 Å². The summed E-state index contributed by atoms with van der Waals surface area (Å²) in [6.07, 6.45) is 2.51. The van der Waals surface area contributed by atoms with E-state index >= 15 is 0 Å². The third kappa shape index (κ3) is 2.89. The standard InChI is InChI=1S/C18H27NO2/c1-5-13-11-18(13,12-19-17(2,3)4)14-6-7-15-16(10-14)21-9-8-20-15/h6-7,10,13,19H,5,8-9,11-12H2,1-4H3. The number of hydrogen-bond acceptors (Lipinski definition) is 3. The van der Waals surface area contributed by atoms with Gasteiger partial charge < -0.3 is 14.8 Å². The first-order valence-corrected chi connectivity index (χ1v) is 8.10. The van der Waals surface area contributed by atoms with E-state index in [1.54, 1.807) is 0 Å². The lowest BCUT2D eigenvalue weighted by atomic mass is 9.90. The fraction of sp³-hybridized carbons (Fsp3) is 0.667. The molecule has 0 radical (unpaired) electrons. The first kappa shape index (κ1) is 14.7. The minimum absolute atomic E-state index is 0.154. The summed E-state index contributed by atoms with van der Waals surface area (Å²) >= 11 is 0. The van der Waals surface area contributed by atoms with Crippen LogP contribution in [0.1, 0.15) is 46.1 Å². The van der Waals surface area contributed by atoms with Crippen molar-refractivity contribution >= 4 is 0 Å². The number of benzene rings is 1. The molecule has 3 nitrogen and oxygen atoms in total. The molecule has 1 aliphatic heterocycles. The van der Waals surface area contributed by atoms with Crippen LogP contribution in [0.2, 0.25) is 0 Å². The van der Waals surface area contributed by atoms with Gasteiger partial charge in [-0.3, -0.25) is 0 Å². The highest BCUT2D eigenvalue weighted by atomic mass is 16.6. The summed E-state index contributed by atoms with van der Waals surface area (Å²) in [5.74, 6) is 2.57. The fourth-order valence-electron chi connectivity index (χ4n) is 3.36. The lowest BCUT2D eigenvalue weighted by Crippen LogP contribution is -2.41. The predicted octanol–water partition coefficient (Wildman–Crippen LogP) is 3.51. The summed E-state index contributed by atoms with van der Waals surface area (Å²) < 4.78 is 11.4. The van der Waals surface area contributed by atoms with Crippen LogP contribution < -0.4 is 14.8 Å². The molecule has 1 N–H and O–H groups in total. The van der Waals surface area contributed by atoms with E-state index in [1.165, 1.54) is 18.4 Å². The number of hydrogen-bond donors (Lipinski definition) is 1. The molecular weight excluding hydrogens is 262 g/mol. The molecule has 0 aromatic heterocycles. The van der Waals surface area contributed by atoms with Crippen LogP contribution >= 0.6 is 0 Å². The predicted molar refractivity (Wildman–Crippen MR) is 85.3 cm³/mol. The van der Waals surface area contributed by atoms with Gasteiger partial charge in [-0.15, -0.1) is 0 Å². The van der Waals surface area contributed by atoms with Gasteiger partial charge in [0.05, 0.1) is 0 Å². The van der Waals surface area contributed by atoms with Gasteiger partial charge in [0, 0.05) is 17.5 Å². The Morgan fingerprint density at radius 3 is 2.52 bits per heavy atom. The van der Waals surface area contributed by atoms with Gasteiger partial charge in [0.1, 0.15) is 13.2 Å². The third-order valence-corrected chi connectivity index (χ3v) is 4.78. The van der Waals surface area contributed by atoms with E-state index in [4.69, 9.17) is 9.47 Å². The molecule has 116 valence electrons. The maximum atomic E-state index is 5.76. The third-order valence-electron chi connectivity index (χ3n) is 4.78. The number of fused-ring (bicyclic) bond motifs is 1. The molecular formula is C18H27NO2. The summed E-state index contributed by atoms with van der Waals surface area (Å²) in [6.45, 7) is 11.3. The van der Waals surface area contributed by atoms with Crippen molar-refractivity contribution in [3.63, 3.8) is 0 Å². The van der Waals surface area contributed by atoms with Gasteiger partial charge in [0.15, 0.2) is 11.5 Å². The Labute approximate surface area is 128 Å². The van der Waals surface area contributed by atoms with E-state index in [0.29, 0.717) is 13.2 Å². The minimum Gasteiger partial charge on any atom is -0.486 e. The SMILES string of the molecule is CCC1CC1(CNC(C)(C)C)c1ccc2c(c1)OCCO2. The highest BCUT2D eigenvalue weighted by Crippen LogP contribution is 2.56. The van der Waals surface area contributed by atoms with Gasteiger partial charge >= 0.3 is 0 Å². The lowest BCUT2D eigenvalue weighted by Gasteiger charge is -2.27. The molecule has 0 amide bonds. The molecule has 2 aliphatic rings. The second-order valence-corrected chi connectivity index (χ2v) is 7.43. The van der Waals surface area contributed by atoms with Crippen LogP contribution in [0.4, 0.5) is 0 Å². The largest absolute Gasteiger partial charge is 0.486 e. The molecule has 0 saturated heterocycles. The molecule has 1 aromatic carbocycles. The maximum Gasteiger partial charge on any atom is 0.161 e. The number of ether oxygens (including phenoxy) is 2. The molecule has 21 heavy (non-hydrogen) atoms. The van der Waals surface area contributed by atoms with Crippen molar-refractivity contribution in [2.45, 2.75) is 51.5 Å². The Kier molecular flexibility index (Phi) is 3.64. The highest BCUT2D eigenvalue weighted by molar-refractivity contribution is 5.48. The Balaban J connectivity index is 1.84. The van der Waals surface area contributed by atoms with E-state index in [-0.39, 0.29) is 11.0 Å². The van der Waals surface area contributed by atoms with Crippen molar-refractivity contribution in [2.75, 3.05) is 19.8 Å². The number of rotatable bonds is 4. The van der Waals surface area contributed by atoms with E-state index in [2.05, 4.69) is 51.2 Å². The van der Waals surface area contributed by atoms with Crippen LogP contribution in [0.3, 0.4) is 0 Å². The molecule has 2 unspecified atom stereocenters. The second-order valence-electron chi connectivity index (χ2n) is 7.43. The minimum atomic E-state index is 0.154. The van der Waals surface area contributed by atoms with Crippen LogP contribution in [-0.2, 0) is 5.41 Å². The highest BCUT2D eigenvalue weighted by Gasteiger charge is 2.54.